The third-order valence-electron chi connectivity index (χ3n) is 6.01. The molecule has 5 nitrogen and oxygen atoms in total. The third-order valence-corrected chi connectivity index (χ3v) is 6.01. The molecule has 2 aliphatic carbocycles. The number of aliphatic carboxylic acids is 1. The maximum absolute atomic E-state index is 12.4. The molecule has 130 valence electrons. The van der Waals surface area contributed by atoms with E-state index >= 15 is 0 Å². The lowest BCUT2D eigenvalue weighted by Crippen LogP contribution is -2.49. The zero-order chi connectivity index (χ0) is 16.4. The predicted molar refractivity (Wildman–Crippen MR) is 86.0 cm³/mol. The highest BCUT2D eigenvalue weighted by molar-refractivity contribution is 5.86. The lowest BCUT2D eigenvalue weighted by Gasteiger charge is -2.40. The molecule has 0 spiro atoms. The first-order valence-corrected chi connectivity index (χ1v) is 9.21. The van der Waals surface area contributed by atoms with E-state index in [0.717, 1.165) is 38.3 Å². The molecule has 2 saturated carbocycles. The van der Waals surface area contributed by atoms with Gasteiger partial charge < -0.3 is 14.7 Å². The molecule has 0 radical (unpaired) electrons. The Morgan fingerprint density at radius 1 is 0.870 bits per heavy atom. The molecular weight excluding hydrogens is 294 g/mol. The number of ether oxygens (including phenoxy) is 1. The van der Waals surface area contributed by atoms with E-state index in [9.17, 15) is 9.59 Å². The minimum atomic E-state index is -0.820. The van der Waals surface area contributed by atoms with Gasteiger partial charge in [-0.3, -0.25) is 9.59 Å². The number of rotatable bonds is 4. The molecule has 1 heterocycles. The fourth-order valence-electron chi connectivity index (χ4n) is 4.18. The summed E-state index contributed by atoms with van der Waals surface area (Å²) in [7, 11) is 0. The summed E-state index contributed by atoms with van der Waals surface area (Å²) < 4.78 is 6.24. The summed E-state index contributed by atoms with van der Waals surface area (Å²) in [5.74, 6) is -0.683. The van der Waals surface area contributed by atoms with Gasteiger partial charge in [-0.2, -0.15) is 0 Å². The predicted octanol–water partition coefficient (Wildman–Crippen LogP) is 2.68. The van der Waals surface area contributed by atoms with E-state index < -0.39 is 11.9 Å². The molecule has 1 aliphatic heterocycles. The highest BCUT2D eigenvalue weighted by atomic mass is 16.5. The molecule has 0 aromatic carbocycles. The Labute approximate surface area is 138 Å². The van der Waals surface area contributed by atoms with Gasteiger partial charge in [-0.1, -0.05) is 6.92 Å². The molecule has 1 amide bonds. The number of carbonyl (C=O) groups is 2. The quantitative estimate of drug-likeness (QED) is 0.864. The van der Waals surface area contributed by atoms with Crippen LogP contribution in [0.1, 0.15) is 58.3 Å². The van der Waals surface area contributed by atoms with Crippen molar-refractivity contribution in [1.29, 1.82) is 0 Å². The van der Waals surface area contributed by atoms with Gasteiger partial charge in [-0.15, -0.1) is 0 Å². The first kappa shape index (κ1) is 16.7. The zero-order valence-electron chi connectivity index (χ0n) is 14.1. The van der Waals surface area contributed by atoms with Crippen LogP contribution in [0.15, 0.2) is 0 Å². The van der Waals surface area contributed by atoms with E-state index in [0.29, 0.717) is 12.5 Å². The first-order valence-electron chi connectivity index (χ1n) is 9.21. The number of amides is 1. The Kier molecular flexibility index (Phi) is 5.24. The van der Waals surface area contributed by atoms with E-state index in [1.54, 1.807) is 0 Å². The molecule has 0 unspecified atom stereocenters. The lowest BCUT2D eigenvalue weighted by atomic mass is 9.72. The van der Waals surface area contributed by atoms with Crippen LogP contribution >= 0.6 is 0 Å². The normalized spacial score (nSPS) is 35.6. The van der Waals surface area contributed by atoms with E-state index in [2.05, 4.69) is 6.92 Å². The summed E-state index contributed by atoms with van der Waals surface area (Å²) in [5, 5.41) is 9.10. The van der Waals surface area contributed by atoms with E-state index in [1.807, 2.05) is 4.90 Å². The smallest absolute Gasteiger partial charge is 0.307 e. The van der Waals surface area contributed by atoms with Gasteiger partial charge in [0.25, 0.3) is 0 Å². The van der Waals surface area contributed by atoms with Gasteiger partial charge in [0.15, 0.2) is 0 Å². The molecule has 3 rings (SSSR count). The number of likely N-dealkylation sites (tertiary alicyclic amines) is 1. The van der Waals surface area contributed by atoms with Crippen molar-refractivity contribution in [3.05, 3.63) is 0 Å². The Bertz CT molecular complexity index is 436. The van der Waals surface area contributed by atoms with Gasteiger partial charge in [-0.25, -0.2) is 0 Å². The molecule has 0 bridgehead atoms. The third kappa shape index (κ3) is 3.87. The minimum absolute atomic E-state index is 0.0496. The van der Waals surface area contributed by atoms with Crippen molar-refractivity contribution in [2.24, 2.45) is 17.8 Å². The van der Waals surface area contributed by atoms with Crippen LogP contribution in [0.3, 0.4) is 0 Å². The van der Waals surface area contributed by atoms with Gasteiger partial charge in [-0.05, 0) is 57.3 Å². The molecule has 0 aromatic heterocycles. The average molecular weight is 323 g/mol. The van der Waals surface area contributed by atoms with Gasteiger partial charge in [0, 0.05) is 13.1 Å². The Balaban J connectivity index is 1.41. The monoisotopic (exact) mass is 323 g/mol. The Morgan fingerprint density at radius 3 is 1.96 bits per heavy atom. The van der Waals surface area contributed by atoms with Gasteiger partial charge in [0.05, 0.1) is 24.0 Å². The summed E-state index contributed by atoms with van der Waals surface area (Å²) in [6.45, 7) is 3.75. The van der Waals surface area contributed by atoms with Crippen molar-refractivity contribution in [2.75, 3.05) is 13.1 Å². The van der Waals surface area contributed by atoms with E-state index in [-0.39, 0.29) is 17.9 Å². The SMILES string of the molecule is CC1CCC(OC2CCN(C(=O)[C@@H]3CC[C@@H]3C(=O)O)CC2)CC1. The molecule has 0 aromatic rings. The minimum Gasteiger partial charge on any atom is -0.481 e. The molecule has 5 heteroatoms. The number of carbonyl (C=O) groups excluding carboxylic acids is 1. The second kappa shape index (κ2) is 7.20. The van der Waals surface area contributed by atoms with Crippen molar-refractivity contribution >= 4 is 11.9 Å². The molecule has 3 aliphatic rings. The van der Waals surface area contributed by atoms with Crippen molar-refractivity contribution in [3.63, 3.8) is 0 Å². The van der Waals surface area contributed by atoms with Crippen LogP contribution in [-0.2, 0) is 14.3 Å². The second-order valence-corrected chi connectivity index (χ2v) is 7.67. The Morgan fingerprint density at radius 2 is 1.43 bits per heavy atom. The number of carboxylic acids is 1. The van der Waals surface area contributed by atoms with E-state index in [4.69, 9.17) is 9.84 Å². The van der Waals surface area contributed by atoms with Crippen LogP contribution in [-0.4, -0.2) is 47.2 Å². The largest absolute Gasteiger partial charge is 0.481 e. The molecular formula is C18H29NO4. The summed E-state index contributed by atoms with van der Waals surface area (Å²) in [4.78, 5) is 25.4. The highest BCUT2D eigenvalue weighted by Gasteiger charge is 2.43. The summed E-state index contributed by atoms with van der Waals surface area (Å²) in [5.41, 5.74) is 0. The van der Waals surface area contributed by atoms with Crippen LogP contribution in [0, 0.1) is 17.8 Å². The average Bonchev–Trinajstić information content (AvgIpc) is 2.48. The first-order chi connectivity index (χ1) is 11.0. The van der Waals surface area contributed by atoms with Crippen LogP contribution in [0.25, 0.3) is 0 Å². The maximum Gasteiger partial charge on any atom is 0.307 e. The fourth-order valence-corrected chi connectivity index (χ4v) is 4.18. The number of hydrogen-bond donors (Lipinski definition) is 1. The van der Waals surface area contributed by atoms with Gasteiger partial charge in [0.2, 0.25) is 5.91 Å². The molecule has 3 fully saturated rings. The number of piperidine rings is 1. The summed E-state index contributed by atoms with van der Waals surface area (Å²) in [6, 6.07) is 0. The standard InChI is InChI=1S/C18H29NO4/c1-12-2-4-13(5-3-12)23-14-8-10-19(11-9-14)17(20)15-6-7-16(15)18(21)22/h12-16H,2-11H2,1H3,(H,21,22)/t12?,13?,15-,16+/m1/s1. The van der Waals surface area contributed by atoms with Crippen LogP contribution in [0.2, 0.25) is 0 Å². The Hall–Kier alpha value is -1.10. The lowest BCUT2D eigenvalue weighted by molar-refractivity contribution is -0.158. The topological polar surface area (TPSA) is 66.8 Å². The number of hydrogen-bond acceptors (Lipinski definition) is 3. The molecule has 2 atom stereocenters. The summed E-state index contributed by atoms with van der Waals surface area (Å²) >= 11 is 0. The molecule has 1 saturated heterocycles. The van der Waals surface area contributed by atoms with Crippen LogP contribution < -0.4 is 0 Å². The molecule has 1 N–H and O–H groups in total. The number of nitrogens with zero attached hydrogens (tertiary/aromatic N) is 1. The van der Waals surface area contributed by atoms with Gasteiger partial charge >= 0.3 is 5.97 Å². The number of carboxylic acid groups (broad SMARTS) is 1. The molecule has 23 heavy (non-hydrogen) atoms. The summed E-state index contributed by atoms with van der Waals surface area (Å²) in [6.07, 6.45) is 8.70. The fraction of sp³-hybridized carbons (Fsp3) is 0.889. The van der Waals surface area contributed by atoms with Crippen molar-refractivity contribution < 1.29 is 19.4 Å². The maximum atomic E-state index is 12.4. The van der Waals surface area contributed by atoms with Crippen molar-refractivity contribution in [3.8, 4) is 0 Å². The van der Waals surface area contributed by atoms with Crippen LogP contribution in [0.4, 0.5) is 0 Å². The zero-order valence-corrected chi connectivity index (χ0v) is 14.1. The second-order valence-electron chi connectivity index (χ2n) is 7.67. The van der Waals surface area contributed by atoms with Crippen molar-refractivity contribution in [2.45, 2.75) is 70.5 Å². The van der Waals surface area contributed by atoms with Crippen LogP contribution in [0.5, 0.6) is 0 Å². The van der Waals surface area contributed by atoms with Gasteiger partial charge in [0.1, 0.15) is 0 Å². The highest BCUT2D eigenvalue weighted by Crippen LogP contribution is 2.36. The van der Waals surface area contributed by atoms with Crippen molar-refractivity contribution in [1.82, 2.24) is 4.90 Å². The van der Waals surface area contributed by atoms with E-state index in [1.165, 1.54) is 25.7 Å².